The van der Waals surface area contributed by atoms with E-state index in [2.05, 4.69) is 20.6 Å². The van der Waals surface area contributed by atoms with Gasteiger partial charge in [-0.15, -0.1) is 0 Å². The highest BCUT2D eigenvalue weighted by Crippen LogP contribution is 2.52. The summed E-state index contributed by atoms with van der Waals surface area (Å²) in [6.07, 6.45) is 1.92. The van der Waals surface area contributed by atoms with Crippen LogP contribution < -0.4 is 25.0 Å². The molecule has 2 amide bonds. The van der Waals surface area contributed by atoms with E-state index in [4.69, 9.17) is 37.4 Å². The summed E-state index contributed by atoms with van der Waals surface area (Å²) < 4.78 is 16.7. The Morgan fingerprint density at radius 2 is 1.65 bits per heavy atom. The van der Waals surface area contributed by atoms with Crippen LogP contribution in [0.1, 0.15) is 49.5 Å². The maximum Gasteiger partial charge on any atom is 0.415 e. The molecule has 1 aromatic heterocycles. The van der Waals surface area contributed by atoms with Crippen molar-refractivity contribution in [2.75, 3.05) is 43.8 Å². The Labute approximate surface area is 276 Å². The molecular weight excluding hydrogens is 641 g/mol. The number of anilines is 4. The van der Waals surface area contributed by atoms with E-state index in [1.54, 1.807) is 32.9 Å². The van der Waals surface area contributed by atoms with Crippen LogP contribution in [-0.2, 0) is 11.3 Å². The van der Waals surface area contributed by atoms with Gasteiger partial charge in [-0.05, 0) is 59.3 Å². The van der Waals surface area contributed by atoms with Gasteiger partial charge in [-0.25, -0.2) is 14.8 Å². The van der Waals surface area contributed by atoms with E-state index >= 15 is 0 Å². The number of methoxy groups -OCH3 is 2. The van der Waals surface area contributed by atoms with E-state index in [1.807, 2.05) is 19.0 Å². The molecule has 2 N–H and O–H groups in total. The maximum absolute atomic E-state index is 13.7. The number of hydrogen-bond donors (Lipinski definition) is 2. The van der Waals surface area contributed by atoms with Crippen LogP contribution >= 0.6 is 23.2 Å². The maximum atomic E-state index is 13.7. The molecule has 1 aliphatic rings. The fraction of sp³-hybridized carbons (Fsp3) is 0.400. The molecule has 0 unspecified atom stereocenters. The quantitative estimate of drug-likeness (QED) is 0.165. The van der Waals surface area contributed by atoms with Gasteiger partial charge in [-0.3, -0.25) is 19.8 Å². The number of nitrogens with one attached hydrogen (secondary N) is 2. The normalized spacial score (nSPS) is 12.8. The molecule has 46 heavy (non-hydrogen) atoms. The average molecular weight is 677 g/mol. The van der Waals surface area contributed by atoms with Crippen molar-refractivity contribution >= 4 is 63.9 Å². The van der Waals surface area contributed by atoms with E-state index in [0.717, 1.165) is 5.56 Å². The molecule has 16 heteroatoms. The number of benzene rings is 2. The molecule has 1 saturated carbocycles. The Morgan fingerprint density at radius 1 is 1.04 bits per heavy atom. The lowest BCUT2D eigenvalue weighted by atomic mass is 10.1. The third-order valence-corrected chi connectivity index (χ3v) is 7.28. The molecule has 0 saturated heterocycles. The number of carbonyl (C=O) groups excluding carboxylic acids is 2. The zero-order valence-corrected chi connectivity index (χ0v) is 27.9. The lowest BCUT2D eigenvalue weighted by molar-refractivity contribution is -0.384. The summed E-state index contributed by atoms with van der Waals surface area (Å²) in [5.41, 5.74) is -0.0280. The zero-order valence-electron chi connectivity index (χ0n) is 26.4. The predicted octanol–water partition coefficient (Wildman–Crippen LogP) is 6.67. The second-order valence-electron chi connectivity index (χ2n) is 11.7. The largest absolute Gasteiger partial charge is 0.494 e. The monoisotopic (exact) mass is 675 g/mol. The van der Waals surface area contributed by atoms with Crippen molar-refractivity contribution in [1.29, 1.82) is 0 Å². The fourth-order valence-electron chi connectivity index (χ4n) is 4.61. The molecule has 2 aromatic carbocycles. The van der Waals surface area contributed by atoms with Gasteiger partial charge in [0.25, 0.3) is 11.6 Å². The number of halogens is 2. The van der Waals surface area contributed by atoms with Crippen LogP contribution in [0, 0.1) is 10.1 Å². The first-order valence-electron chi connectivity index (χ1n) is 14.1. The van der Waals surface area contributed by atoms with E-state index < -0.39 is 22.5 Å². The number of ether oxygens (including phenoxy) is 3. The van der Waals surface area contributed by atoms with Crippen molar-refractivity contribution < 1.29 is 28.7 Å². The summed E-state index contributed by atoms with van der Waals surface area (Å²) in [5.74, 6) is -0.710. The minimum Gasteiger partial charge on any atom is -0.494 e. The molecule has 0 aliphatic heterocycles. The molecule has 4 rings (SSSR count). The van der Waals surface area contributed by atoms with Crippen LogP contribution in [0.3, 0.4) is 0 Å². The number of hydrogen-bond acceptors (Lipinski definition) is 11. The van der Waals surface area contributed by atoms with Crippen molar-refractivity contribution in [2.24, 2.45) is 0 Å². The molecule has 1 aliphatic carbocycles. The predicted molar refractivity (Wildman–Crippen MR) is 175 cm³/mol. The van der Waals surface area contributed by atoms with Crippen molar-refractivity contribution in [1.82, 2.24) is 14.9 Å². The highest BCUT2D eigenvalue weighted by molar-refractivity contribution is 6.43. The molecule has 14 nitrogen and oxygen atoms in total. The standard InChI is InChI=1S/C30H35Cl2N7O7/c1-30(2,3)46-29(41)38(17-9-10-17)25-23(31)26(44-6)22(27(45-7)24(25)32)28(40)36-21-13-20(33-15-34-21)35-18-11-8-16(14-37(4)5)12-19(18)39(42)43/h8,11-13,15,17H,9-10,14H2,1-7H3,(H2,33,34,35,36,40). The Balaban J connectivity index is 1.67. The Hall–Kier alpha value is -4.40. The second-order valence-corrected chi connectivity index (χ2v) is 12.5. The molecule has 0 spiro atoms. The first-order chi connectivity index (χ1) is 21.6. The Morgan fingerprint density at radius 3 is 2.17 bits per heavy atom. The van der Waals surface area contributed by atoms with Crippen LogP contribution in [-0.4, -0.2) is 71.7 Å². The highest BCUT2D eigenvalue weighted by atomic mass is 35.5. The number of nitro groups is 1. The van der Waals surface area contributed by atoms with Gasteiger partial charge in [0.15, 0.2) is 11.5 Å². The number of aromatic nitrogens is 2. The number of carbonyl (C=O) groups is 2. The second kappa shape index (κ2) is 13.9. The number of nitrogens with zero attached hydrogens (tertiary/aromatic N) is 5. The van der Waals surface area contributed by atoms with Crippen molar-refractivity contribution in [3.05, 3.63) is 61.9 Å². The van der Waals surface area contributed by atoms with Gasteiger partial charge >= 0.3 is 6.09 Å². The van der Waals surface area contributed by atoms with Gasteiger partial charge in [0.2, 0.25) is 0 Å². The molecular formula is C30H35Cl2N7O7. The van der Waals surface area contributed by atoms with Crippen LogP contribution in [0.25, 0.3) is 0 Å². The molecule has 1 fully saturated rings. The van der Waals surface area contributed by atoms with E-state index in [-0.39, 0.29) is 61.8 Å². The highest BCUT2D eigenvalue weighted by Gasteiger charge is 2.41. The summed E-state index contributed by atoms with van der Waals surface area (Å²) in [6, 6.07) is 6.01. The molecule has 0 atom stereocenters. The van der Waals surface area contributed by atoms with E-state index in [1.165, 1.54) is 37.6 Å². The Bertz CT molecular complexity index is 1630. The fourth-order valence-corrected chi connectivity index (χ4v) is 5.37. The van der Waals surface area contributed by atoms with Crippen molar-refractivity contribution in [3.63, 3.8) is 0 Å². The van der Waals surface area contributed by atoms with Crippen LogP contribution in [0.15, 0.2) is 30.6 Å². The van der Waals surface area contributed by atoms with Crippen LogP contribution in [0.4, 0.5) is 33.5 Å². The lowest BCUT2D eigenvalue weighted by Gasteiger charge is -2.30. The Kier molecular flexibility index (Phi) is 10.4. The van der Waals surface area contributed by atoms with Gasteiger partial charge in [-0.1, -0.05) is 29.3 Å². The molecule has 246 valence electrons. The van der Waals surface area contributed by atoms with Gasteiger partial charge in [0.05, 0.1) is 24.8 Å². The van der Waals surface area contributed by atoms with E-state index in [9.17, 15) is 19.7 Å². The summed E-state index contributed by atoms with van der Waals surface area (Å²) in [5, 5.41) is 17.2. The minimum atomic E-state index is -0.789. The zero-order chi connectivity index (χ0) is 33.9. The van der Waals surface area contributed by atoms with Gasteiger partial charge < -0.3 is 29.7 Å². The molecule has 1 heterocycles. The molecule has 0 radical (unpaired) electrons. The summed E-state index contributed by atoms with van der Waals surface area (Å²) >= 11 is 13.6. The van der Waals surface area contributed by atoms with Crippen molar-refractivity contribution in [2.45, 2.75) is 51.8 Å². The third-order valence-electron chi connectivity index (χ3n) is 6.58. The number of nitro benzene ring substituents is 1. The first-order valence-corrected chi connectivity index (χ1v) is 14.9. The van der Waals surface area contributed by atoms with Crippen molar-refractivity contribution in [3.8, 4) is 11.5 Å². The average Bonchev–Trinajstić information content (AvgIpc) is 3.79. The number of rotatable bonds is 11. The van der Waals surface area contributed by atoms with Gasteiger partial charge in [0, 0.05) is 24.7 Å². The number of amides is 2. The summed E-state index contributed by atoms with van der Waals surface area (Å²) in [6.45, 7) is 5.74. The summed E-state index contributed by atoms with van der Waals surface area (Å²) in [7, 11) is 6.35. The molecule has 3 aromatic rings. The van der Waals surface area contributed by atoms with Gasteiger partial charge in [-0.2, -0.15) is 0 Å². The van der Waals surface area contributed by atoms with Gasteiger partial charge in [0.1, 0.15) is 44.9 Å². The third kappa shape index (κ3) is 7.87. The summed E-state index contributed by atoms with van der Waals surface area (Å²) in [4.78, 5) is 49.7. The SMILES string of the molecule is COc1c(Cl)c(N(C(=O)OC(C)(C)C)C2CC2)c(Cl)c(OC)c1C(=O)Nc1cc(Nc2ccc(CN(C)C)cc2[N+](=O)[O-])ncn1. The molecule has 0 bridgehead atoms. The first kappa shape index (κ1) is 34.5. The van der Waals surface area contributed by atoms with E-state index in [0.29, 0.717) is 19.4 Å². The smallest absolute Gasteiger partial charge is 0.415 e. The minimum absolute atomic E-state index is 0.0446. The van der Waals surface area contributed by atoms with Crippen LogP contribution in [0.2, 0.25) is 10.0 Å². The van der Waals surface area contributed by atoms with Crippen LogP contribution in [0.5, 0.6) is 11.5 Å². The topological polar surface area (TPSA) is 161 Å². The lowest BCUT2D eigenvalue weighted by Crippen LogP contribution is -2.39.